The van der Waals surface area contributed by atoms with Gasteiger partial charge in [0.1, 0.15) is 5.75 Å². The Morgan fingerprint density at radius 1 is 1.04 bits per heavy atom. The minimum atomic E-state index is -3.64. The molecule has 1 fully saturated rings. The fourth-order valence-corrected chi connectivity index (χ4v) is 5.26. The first kappa shape index (κ1) is 18.2. The second-order valence-electron chi connectivity index (χ2n) is 5.34. The van der Waals surface area contributed by atoms with Gasteiger partial charge in [-0.05, 0) is 37.6 Å². The van der Waals surface area contributed by atoms with E-state index >= 15 is 0 Å². The average Bonchev–Trinajstić information content (AvgIpc) is 2.54. The van der Waals surface area contributed by atoms with Crippen LogP contribution in [0.4, 0.5) is 0 Å². The van der Waals surface area contributed by atoms with E-state index in [9.17, 15) is 16.8 Å². The van der Waals surface area contributed by atoms with Gasteiger partial charge in [0.05, 0.1) is 17.8 Å². The summed E-state index contributed by atoms with van der Waals surface area (Å²) in [6.45, 7) is 3.99. The molecule has 0 N–H and O–H groups in total. The predicted molar refractivity (Wildman–Crippen MR) is 87.5 cm³/mol. The van der Waals surface area contributed by atoms with E-state index in [0.717, 1.165) is 0 Å². The Labute approximate surface area is 137 Å². The lowest BCUT2D eigenvalue weighted by molar-refractivity contribution is 0.273. The number of rotatable bonds is 5. The van der Waals surface area contributed by atoms with Crippen molar-refractivity contribution in [2.24, 2.45) is 0 Å². The zero-order chi connectivity index (χ0) is 17.3. The first-order valence-corrected chi connectivity index (χ1v) is 10.4. The Morgan fingerprint density at radius 2 is 1.61 bits per heavy atom. The van der Waals surface area contributed by atoms with Crippen molar-refractivity contribution in [2.45, 2.75) is 18.7 Å². The van der Waals surface area contributed by atoms with E-state index in [4.69, 9.17) is 4.74 Å². The summed E-state index contributed by atoms with van der Waals surface area (Å²) in [5.74, 6) is 0.623. The van der Waals surface area contributed by atoms with Crippen molar-refractivity contribution in [3.05, 3.63) is 23.8 Å². The molecule has 0 atom stereocenters. The highest BCUT2D eigenvalue weighted by Crippen LogP contribution is 2.25. The molecule has 0 radical (unpaired) electrons. The molecule has 1 heterocycles. The number of piperazine rings is 1. The van der Waals surface area contributed by atoms with Crippen molar-refractivity contribution in [1.29, 1.82) is 0 Å². The van der Waals surface area contributed by atoms with Crippen LogP contribution in [0, 0.1) is 6.92 Å². The zero-order valence-corrected chi connectivity index (χ0v) is 15.2. The third-order valence-electron chi connectivity index (χ3n) is 3.96. The molecule has 0 unspecified atom stereocenters. The molecule has 7 nitrogen and oxygen atoms in total. The molecule has 9 heteroatoms. The molecule has 0 spiro atoms. The summed E-state index contributed by atoms with van der Waals surface area (Å²) in [5.41, 5.74) is 0.605. The summed E-state index contributed by atoms with van der Waals surface area (Å²) >= 11 is 0. The Balaban J connectivity index is 2.20. The molecule has 1 aliphatic rings. The summed E-state index contributed by atoms with van der Waals surface area (Å²) in [7, 11) is -5.39. The molecule has 0 amide bonds. The Bertz CT molecular complexity index is 766. The quantitative estimate of drug-likeness (QED) is 0.768. The molecule has 0 bridgehead atoms. The van der Waals surface area contributed by atoms with E-state index in [0.29, 0.717) is 11.3 Å². The Morgan fingerprint density at radius 3 is 2.09 bits per heavy atom. The number of hydrogen-bond donors (Lipinski definition) is 0. The maximum Gasteiger partial charge on any atom is 0.243 e. The highest BCUT2D eigenvalue weighted by atomic mass is 32.2. The van der Waals surface area contributed by atoms with Gasteiger partial charge in [-0.15, -0.1) is 0 Å². The van der Waals surface area contributed by atoms with Gasteiger partial charge in [-0.25, -0.2) is 16.8 Å². The molecule has 0 saturated carbocycles. The molecule has 1 saturated heterocycles. The molecule has 1 aliphatic heterocycles. The van der Waals surface area contributed by atoms with Crippen LogP contribution in [0.25, 0.3) is 0 Å². The second kappa shape index (κ2) is 6.76. The van der Waals surface area contributed by atoms with Crippen LogP contribution in [0.5, 0.6) is 5.75 Å². The van der Waals surface area contributed by atoms with Crippen molar-refractivity contribution in [3.8, 4) is 5.75 Å². The number of hydrogen-bond acceptors (Lipinski definition) is 5. The van der Waals surface area contributed by atoms with Crippen LogP contribution >= 0.6 is 0 Å². The van der Waals surface area contributed by atoms with Gasteiger partial charge in [-0.2, -0.15) is 8.61 Å². The maximum absolute atomic E-state index is 12.8. The molecule has 1 aromatic rings. The summed E-state index contributed by atoms with van der Waals surface area (Å²) < 4.78 is 57.0. The fourth-order valence-electron chi connectivity index (χ4n) is 2.55. The maximum atomic E-state index is 12.8. The fraction of sp³-hybridized carbons (Fsp3) is 0.571. The van der Waals surface area contributed by atoms with Crippen molar-refractivity contribution in [1.82, 2.24) is 8.61 Å². The van der Waals surface area contributed by atoms with Gasteiger partial charge in [0, 0.05) is 26.2 Å². The lowest BCUT2D eigenvalue weighted by atomic mass is 10.2. The van der Waals surface area contributed by atoms with Crippen molar-refractivity contribution in [3.63, 3.8) is 0 Å². The van der Waals surface area contributed by atoms with Gasteiger partial charge in [0.2, 0.25) is 20.0 Å². The van der Waals surface area contributed by atoms with Gasteiger partial charge in [0.25, 0.3) is 0 Å². The number of ether oxygens (including phenoxy) is 1. The van der Waals surface area contributed by atoms with E-state index in [1.165, 1.54) is 21.8 Å². The van der Waals surface area contributed by atoms with E-state index < -0.39 is 20.0 Å². The first-order valence-electron chi connectivity index (χ1n) is 7.35. The van der Waals surface area contributed by atoms with E-state index in [1.54, 1.807) is 26.0 Å². The number of sulfonamides is 2. The van der Waals surface area contributed by atoms with Crippen LogP contribution in [0.2, 0.25) is 0 Å². The first-order chi connectivity index (χ1) is 10.7. The Kier molecular flexibility index (Phi) is 5.34. The standard InChI is InChI=1S/C14H22N2O5S2/c1-4-22(17,18)15-7-9-16(10-8-15)23(19,20)14-6-5-13(21-3)11-12(14)2/h5-6,11H,4,7-10H2,1-3H3. The number of nitrogens with zero attached hydrogens (tertiary/aromatic N) is 2. The molecule has 130 valence electrons. The third kappa shape index (κ3) is 3.68. The molecule has 1 aromatic carbocycles. The zero-order valence-electron chi connectivity index (χ0n) is 13.5. The summed E-state index contributed by atoms with van der Waals surface area (Å²) in [5, 5.41) is 0. The Hall–Kier alpha value is -1.16. The highest BCUT2D eigenvalue weighted by molar-refractivity contribution is 7.89. The molecular weight excluding hydrogens is 340 g/mol. The van der Waals surface area contributed by atoms with Gasteiger partial charge in [0.15, 0.2) is 0 Å². The average molecular weight is 362 g/mol. The van der Waals surface area contributed by atoms with Gasteiger partial charge >= 0.3 is 0 Å². The molecule has 0 aliphatic carbocycles. The van der Waals surface area contributed by atoms with E-state index in [-0.39, 0.29) is 36.8 Å². The number of methoxy groups -OCH3 is 1. The highest BCUT2D eigenvalue weighted by Gasteiger charge is 2.32. The van der Waals surface area contributed by atoms with Crippen LogP contribution < -0.4 is 4.74 Å². The van der Waals surface area contributed by atoms with Crippen LogP contribution in [-0.2, 0) is 20.0 Å². The lowest BCUT2D eigenvalue weighted by Gasteiger charge is -2.33. The van der Waals surface area contributed by atoms with E-state index in [2.05, 4.69) is 0 Å². The molecule has 0 aromatic heterocycles. The topological polar surface area (TPSA) is 84.0 Å². The van der Waals surface area contributed by atoms with Crippen LogP contribution in [0.1, 0.15) is 12.5 Å². The largest absolute Gasteiger partial charge is 0.497 e. The molecular formula is C14H22N2O5S2. The number of aryl methyl sites for hydroxylation is 1. The second-order valence-corrected chi connectivity index (χ2v) is 9.50. The minimum Gasteiger partial charge on any atom is -0.497 e. The molecule has 2 rings (SSSR count). The van der Waals surface area contributed by atoms with Crippen molar-refractivity contribution >= 4 is 20.0 Å². The minimum absolute atomic E-state index is 0.0251. The summed E-state index contributed by atoms with van der Waals surface area (Å²) in [4.78, 5) is 0.227. The molecule has 23 heavy (non-hydrogen) atoms. The van der Waals surface area contributed by atoms with Gasteiger partial charge in [-0.1, -0.05) is 0 Å². The van der Waals surface area contributed by atoms with Crippen LogP contribution in [0.15, 0.2) is 23.1 Å². The summed E-state index contributed by atoms with van der Waals surface area (Å²) in [6.07, 6.45) is 0. The van der Waals surface area contributed by atoms with Gasteiger partial charge in [-0.3, -0.25) is 0 Å². The van der Waals surface area contributed by atoms with Gasteiger partial charge < -0.3 is 4.74 Å². The predicted octanol–water partition coefficient (Wildman–Crippen LogP) is 0.660. The van der Waals surface area contributed by atoms with Crippen LogP contribution in [0.3, 0.4) is 0 Å². The SMILES string of the molecule is CCS(=O)(=O)N1CCN(S(=O)(=O)c2ccc(OC)cc2C)CC1. The van der Waals surface area contributed by atoms with E-state index in [1.807, 2.05) is 0 Å². The van der Waals surface area contributed by atoms with Crippen molar-refractivity contribution < 1.29 is 21.6 Å². The van der Waals surface area contributed by atoms with Crippen molar-refractivity contribution in [2.75, 3.05) is 39.0 Å². The smallest absolute Gasteiger partial charge is 0.243 e. The normalized spacial score (nSPS) is 18.0. The summed E-state index contributed by atoms with van der Waals surface area (Å²) in [6, 6.07) is 4.81. The monoisotopic (exact) mass is 362 g/mol. The number of benzene rings is 1. The van der Waals surface area contributed by atoms with Crippen LogP contribution in [-0.4, -0.2) is 64.5 Å². The lowest BCUT2D eigenvalue weighted by Crippen LogP contribution is -2.50. The third-order valence-corrected chi connectivity index (χ3v) is 7.90.